The van der Waals surface area contributed by atoms with Crippen LogP contribution < -0.4 is 20.9 Å². The lowest BCUT2D eigenvalue weighted by Crippen LogP contribution is -2.36. The molecule has 29 heavy (non-hydrogen) atoms. The summed E-state index contributed by atoms with van der Waals surface area (Å²) in [7, 11) is 1.32. The lowest BCUT2D eigenvalue weighted by molar-refractivity contribution is -0.137. The van der Waals surface area contributed by atoms with Gasteiger partial charge in [-0.25, -0.2) is 9.78 Å². The van der Waals surface area contributed by atoms with E-state index in [-0.39, 0.29) is 24.4 Å². The second-order valence-electron chi connectivity index (χ2n) is 7.28. The molecular formula is C18H20F3N6O2+. The molecule has 2 aromatic rings. The second kappa shape index (κ2) is 6.90. The number of nitrogens with one attached hydrogen (secondary N) is 1. The third-order valence-corrected chi connectivity index (χ3v) is 4.39. The molecule has 1 saturated heterocycles. The van der Waals surface area contributed by atoms with Gasteiger partial charge in [-0.15, -0.1) is 0 Å². The highest BCUT2D eigenvalue weighted by molar-refractivity contribution is 6.08. The van der Waals surface area contributed by atoms with E-state index < -0.39 is 29.2 Å². The van der Waals surface area contributed by atoms with Crippen molar-refractivity contribution in [1.29, 1.82) is 0 Å². The molecule has 3 rings (SSSR count). The van der Waals surface area contributed by atoms with Crippen molar-refractivity contribution in [3.8, 4) is 0 Å². The zero-order valence-corrected chi connectivity index (χ0v) is 15.9. The second-order valence-corrected chi connectivity index (χ2v) is 7.28. The normalized spacial score (nSPS) is 15.9. The lowest BCUT2D eigenvalue weighted by Gasteiger charge is -2.20. The molecule has 1 aliphatic heterocycles. The summed E-state index contributed by atoms with van der Waals surface area (Å²) in [5.74, 6) is -0.834. The maximum Gasteiger partial charge on any atom is 1.00 e. The van der Waals surface area contributed by atoms with E-state index in [4.69, 9.17) is 5.73 Å². The summed E-state index contributed by atoms with van der Waals surface area (Å²) in [6.45, 7) is 3.97. The van der Waals surface area contributed by atoms with Crippen molar-refractivity contribution < 1.29 is 24.2 Å². The molecule has 0 radical (unpaired) electrons. The van der Waals surface area contributed by atoms with Crippen LogP contribution in [0.15, 0.2) is 30.5 Å². The van der Waals surface area contributed by atoms with Crippen LogP contribution in [-0.2, 0) is 6.18 Å². The molecule has 3 amide bonds. The number of halogens is 3. The van der Waals surface area contributed by atoms with Crippen LogP contribution in [0.4, 0.5) is 35.4 Å². The number of aromatic nitrogens is 2. The van der Waals surface area contributed by atoms with Crippen molar-refractivity contribution >= 4 is 29.4 Å². The Kier molecular flexibility index (Phi) is 4.85. The van der Waals surface area contributed by atoms with Gasteiger partial charge in [0.15, 0.2) is 0 Å². The van der Waals surface area contributed by atoms with Crippen LogP contribution in [-0.4, -0.2) is 41.0 Å². The number of rotatable bonds is 3. The van der Waals surface area contributed by atoms with Gasteiger partial charge in [0, 0.05) is 18.9 Å². The fourth-order valence-corrected chi connectivity index (χ4v) is 2.89. The molecule has 154 valence electrons. The van der Waals surface area contributed by atoms with E-state index >= 15 is 0 Å². The smallest absolute Gasteiger partial charge is 0.383 e. The molecular weight excluding hydrogens is 389 g/mol. The number of amides is 3. The Morgan fingerprint density at radius 1 is 1.38 bits per heavy atom. The first-order valence-corrected chi connectivity index (χ1v) is 8.56. The topological polar surface area (TPSA) is 104 Å². The Hall–Kier alpha value is -3.37. The van der Waals surface area contributed by atoms with Gasteiger partial charge in [0.2, 0.25) is 5.95 Å². The zero-order chi connectivity index (χ0) is 21.6. The van der Waals surface area contributed by atoms with Gasteiger partial charge in [-0.05, 0) is 32.0 Å². The summed E-state index contributed by atoms with van der Waals surface area (Å²) >= 11 is 0. The number of nitrogens with zero attached hydrogens (tertiary/aromatic N) is 4. The Morgan fingerprint density at radius 2 is 2.07 bits per heavy atom. The van der Waals surface area contributed by atoms with E-state index in [1.54, 1.807) is 0 Å². The first-order valence-electron chi connectivity index (χ1n) is 8.56. The van der Waals surface area contributed by atoms with Gasteiger partial charge in [0.1, 0.15) is 11.4 Å². The molecule has 1 fully saturated rings. The molecule has 1 aromatic carbocycles. The van der Waals surface area contributed by atoms with E-state index in [1.807, 2.05) is 13.8 Å². The average Bonchev–Trinajstić information content (AvgIpc) is 2.92. The first kappa shape index (κ1) is 20.4. The predicted octanol–water partition coefficient (Wildman–Crippen LogP) is 2.77. The molecule has 1 aliphatic rings. The van der Waals surface area contributed by atoms with Crippen molar-refractivity contribution in [2.24, 2.45) is 0 Å². The molecule has 2 heterocycles. The van der Waals surface area contributed by atoms with Gasteiger partial charge in [0.05, 0.1) is 17.6 Å². The van der Waals surface area contributed by atoms with E-state index in [9.17, 15) is 22.8 Å². The van der Waals surface area contributed by atoms with E-state index in [0.717, 1.165) is 23.2 Å². The van der Waals surface area contributed by atoms with Crippen molar-refractivity contribution in [3.05, 3.63) is 41.6 Å². The van der Waals surface area contributed by atoms with Gasteiger partial charge in [-0.3, -0.25) is 9.69 Å². The molecule has 8 nitrogen and oxygen atoms in total. The SMILES string of the molecule is CN(C(=O)c1cnc(N2CC(C)(C)NC2=O)nc1N)c1cccc(C(F)(F)F)c1.[H+]. The Balaban J connectivity index is 0.00000320. The average molecular weight is 409 g/mol. The van der Waals surface area contributed by atoms with Crippen LogP contribution in [0.3, 0.4) is 0 Å². The minimum absolute atomic E-state index is 0. The Morgan fingerprint density at radius 3 is 2.62 bits per heavy atom. The van der Waals surface area contributed by atoms with E-state index in [1.165, 1.54) is 24.1 Å². The Labute approximate surface area is 166 Å². The number of carbonyl (C=O) groups excluding carboxylic acids is 2. The van der Waals surface area contributed by atoms with Gasteiger partial charge >= 0.3 is 13.6 Å². The third kappa shape index (κ3) is 4.08. The molecule has 1 aromatic heterocycles. The number of carbonyl (C=O) groups is 2. The number of hydrogen-bond acceptors (Lipinski definition) is 5. The van der Waals surface area contributed by atoms with Crippen LogP contribution in [0.25, 0.3) is 0 Å². The molecule has 0 bridgehead atoms. The van der Waals surface area contributed by atoms with E-state index in [0.29, 0.717) is 6.54 Å². The lowest BCUT2D eigenvalue weighted by atomic mass is 10.1. The first-order chi connectivity index (χ1) is 13.4. The summed E-state index contributed by atoms with van der Waals surface area (Å²) < 4.78 is 38.8. The van der Waals surface area contributed by atoms with Crippen molar-refractivity contribution in [3.63, 3.8) is 0 Å². The van der Waals surface area contributed by atoms with Gasteiger partial charge in [-0.2, -0.15) is 18.2 Å². The summed E-state index contributed by atoms with van der Waals surface area (Å²) in [5, 5.41) is 2.75. The maximum atomic E-state index is 12.9. The fraction of sp³-hybridized carbons (Fsp3) is 0.333. The van der Waals surface area contributed by atoms with Gasteiger partial charge in [-0.1, -0.05) is 6.07 Å². The highest BCUT2D eigenvalue weighted by atomic mass is 19.4. The van der Waals surface area contributed by atoms with Crippen molar-refractivity contribution in [2.45, 2.75) is 25.6 Å². The number of hydrogen-bond donors (Lipinski definition) is 2. The number of alkyl halides is 3. The summed E-state index contributed by atoms with van der Waals surface area (Å²) in [5.41, 5.74) is 4.47. The minimum atomic E-state index is -4.53. The standard InChI is InChI=1S/C18H19F3N6O2/c1-17(2)9-27(16(29)25-17)15-23-8-12(13(22)24-15)14(28)26(3)11-6-4-5-10(7-11)18(19,20)21/h4-8H,9H2,1-3H3,(H,25,29)(H2,22,23,24)/p+1. The number of anilines is 3. The van der Waals surface area contributed by atoms with Crippen LogP contribution in [0, 0.1) is 0 Å². The molecule has 0 spiro atoms. The summed E-state index contributed by atoms with van der Waals surface area (Å²) in [4.78, 5) is 35.2. The summed E-state index contributed by atoms with van der Waals surface area (Å²) in [6, 6.07) is 3.96. The molecule has 0 saturated carbocycles. The highest BCUT2D eigenvalue weighted by Crippen LogP contribution is 2.32. The number of urea groups is 1. The monoisotopic (exact) mass is 409 g/mol. The summed E-state index contributed by atoms with van der Waals surface area (Å²) in [6.07, 6.45) is -3.38. The Bertz CT molecular complexity index is 983. The fourth-order valence-electron chi connectivity index (χ4n) is 2.89. The maximum absolute atomic E-state index is 12.9. The number of nitrogens with two attached hydrogens (primary N) is 1. The molecule has 0 atom stereocenters. The minimum Gasteiger partial charge on any atom is -0.383 e. The van der Waals surface area contributed by atoms with Crippen LogP contribution in [0.1, 0.15) is 31.2 Å². The van der Waals surface area contributed by atoms with Crippen LogP contribution in [0.2, 0.25) is 0 Å². The van der Waals surface area contributed by atoms with E-state index in [2.05, 4.69) is 15.3 Å². The molecule has 11 heteroatoms. The van der Waals surface area contributed by atoms with Crippen LogP contribution in [0.5, 0.6) is 0 Å². The van der Waals surface area contributed by atoms with Gasteiger partial charge in [0.25, 0.3) is 5.91 Å². The number of benzene rings is 1. The predicted molar refractivity (Wildman–Crippen MR) is 102 cm³/mol. The zero-order valence-electron chi connectivity index (χ0n) is 16.9. The molecule has 0 aliphatic carbocycles. The van der Waals surface area contributed by atoms with Gasteiger partial charge < -0.3 is 16.0 Å². The van der Waals surface area contributed by atoms with Crippen LogP contribution >= 0.6 is 0 Å². The quantitative estimate of drug-likeness (QED) is 0.811. The van der Waals surface area contributed by atoms with Crippen molar-refractivity contribution in [1.82, 2.24) is 15.3 Å². The highest BCUT2D eigenvalue weighted by Gasteiger charge is 2.37. The molecule has 0 unspecified atom stereocenters. The third-order valence-electron chi connectivity index (χ3n) is 4.39. The molecule has 3 N–H and O–H groups in total. The largest absolute Gasteiger partial charge is 1.00 e. The number of nitrogen functional groups attached to an aromatic ring is 1. The van der Waals surface area contributed by atoms with Crippen molar-refractivity contribution in [2.75, 3.05) is 29.1 Å².